The largest absolute Gasteiger partial charge is 0.415 e. The highest BCUT2D eigenvalue weighted by Gasteiger charge is 2.20. The predicted molar refractivity (Wildman–Crippen MR) is 162 cm³/mol. The van der Waals surface area contributed by atoms with Crippen LogP contribution in [0.2, 0.25) is 0 Å². The molecule has 0 aliphatic heterocycles. The third-order valence-corrected chi connectivity index (χ3v) is 10.3. The maximum absolute atomic E-state index is 7.08. The first-order valence-electron chi connectivity index (χ1n) is 13.7. The molecule has 1 heterocycles. The Hall–Kier alpha value is -2.01. The van der Waals surface area contributed by atoms with Gasteiger partial charge in [-0.2, -0.15) is 0 Å². The first-order chi connectivity index (χ1) is 17.4. The van der Waals surface area contributed by atoms with E-state index in [1.54, 1.807) is 0 Å². The molecular formula is C32H42O2P2. The molecule has 0 spiro atoms. The van der Waals surface area contributed by atoms with Gasteiger partial charge in [-0.1, -0.05) is 72.5 Å². The van der Waals surface area contributed by atoms with Crippen LogP contribution < -0.4 is 5.30 Å². The third kappa shape index (κ3) is 5.32. The van der Waals surface area contributed by atoms with Crippen LogP contribution in [0.25, 0.3) is 27.2 Å². The Labute approximate surface area is 220 Å². The second-order valence-electron chi connectivity index (χ2n) is 10.1. The van der Waals surface area contributed by atoms with Gasteiger partial charge in [0.2, 0.25) is 0 Å². The average Bonchev–Trinajstić information content (AvgIpc) is 3.05. The minimum absolute atomic E-state index is 0.756. The maximum Gasteiger partial charge on any atom is 0.253 e. The molecule has 0 amide bonds. The molecule has 0 bridgehead atoms. The van der Waals surface area contributed by atoms with E-state index in [0.29, 0.717) is 0 Å². The first kappa shape index (κ1) is 27.0. The molecule has 4 heteroatoms. The fourth-order valence-electron chi connectivity index (χ4n) is 5.10. The second kappa shape index (κ2) is 12.0. The van der Waals surface area contributed by atoms with Gasteiger partial charge in [-0.05, 0) is 104 Å². The van der Waals surface area contributed by atoms with Gasteiger partial charge in [0.1, 0.15) is 11.2 Å². The summed E-state index contributed by atoms with van der Waals surface area (Å²) < 4.78 is 14.2. The second-order valence-corrected chi connectivity index (χ2v) is 13.0. The molecule has 0 N–H and O–H groups in total. The lowest BCUT2D eigenvalue weighted by Crippen LogP contribution is -1.96. The Balaban J connectivity index is 2.25. The summed E-state index contributed by atoms with van der Waals surface area (Å²) in [6.07, 6.45) is 7.85. The number of rotatable bonds is 9. The predicted octanol–water partition coefficient (Wildman–Crippen LogP) is 10.5. The van der Waals surface area contributed by atoms with E-state index in [1.165, 1.54) is 67.6 Å². The van der Waals surface area contributed by atoms with Crippen molar-refractivity contribution in [1.29, 1.82) is 0 Å². The third-order valence-electron chi connectivity index (χ3n) is 7.42. The molecule has 192 valence electrons. The summed E-state index contributed by atoms with van der Waals surface area (Å²) in [7, 11) is -0.542. The molecule has 4 aromatic rings. The summed E-state index contributed by atoms with van der Waals surface area (Å²) in [5, 5.41) is 5.12. The van der Waals surface area contributed by atoms with Crippen LogP contribution in [0, 0.1) is 27.7 Å². The monoisotopic (exact) mass is 520 g/mol. The van der Waals surface area contributed by atoms with Crippen molar-refractivity contribution in [2.45, 2.75) is 87.0 Å². The summed E-state index contributed by atoms with van der Waals surface area (Å²) in [6, 6.07) is 13.5. The molecule has 1 atom stereocenters. The minimum Gasteiger partial charge on any atom is -0.415 e. The van der Waals surface area contributed by atoms with Crippen molar-refractivity contribution in [3.63, 3.8) is 0 Å². The van der Waals surface area contributed by atoms with Gasteiger partial charge < -0.3 is 8.39 Å². The molecule has 0 aliphatic carbocycles. The van der Waals surface area contributed by atoms with Crippen molar-refractivity contribution in [2.24, 2.45) is 0 Å². The summed E-state index contributed by atoms with van der Waals surface area (Å²) in [6.45, 7) is 15.8. The molecule has 0 saturated heterocycles. The molecule has 4 rings (SSSR count). The Morgan fingerprint density at radius 3 is 1.69 bits per heavy atom. The van der Waals surface area contributed by atoms with Crippen LogP contribution in [0.1, 0.15) is 79.8 Å². The molecule has 0 fully saturated rings. The van der Waals surface area contributed by atoms with Crippen LogP contribution in [0.3, 0.4) is 0 Å². The first-order valence-corrected chi connectivity index (χ1v) is 16.0. The highest BCUT2D eigenvalue weighted by atomic mass is 31.1. The van der Waals surface area contributed by atoms with E-state index in [9.17, 15) is 0 Å². The highest BCUT2D eigenvalue weighted by Crippen LogP contribution is 2.47. The van der Waals surface area contributed by atoms with E-state index in [-0.39, 0.29) is 0 Å². The van der Waals surface area contributed by atoms with E-state index in [4.69, 9.17) is 8.39 Å². The Bertz CT molecular complexity index is 1330. The summed E-state index contributed by atoms with van der Waals surface area (Å²) in [5.74, 6) is 0. The normalized spacial score (nSPS) is 11.9. The molecule has 0 radical (unpaired) electrons. The zero-order valence-corrected chi connectivity index (χ0v) is 25.1. The van der Waals surface area contributed by atoms with E-state index < -0.39 is 8.01 Å². The van der Waals surface area contributed by atoms with Gasteiger partial charge in [-0.3, -0.25) is 0 Å². The van der Waals surface area contributed by atoms with Gasteiger partial charge in [0.05, 0.1) is 5.30 Å². The van der Waals surface area contributed by atoms with Gasteiger partial charge in [-0.15, -0.1) is 0 Å². The number of hydrogen-bond acceptors (Lipinski definition) is 2. The molecule has 0 aliphatic rings. The van der Waals surface area contributed by atoms with Crippen molar-refractivity contribution in [3.05, 3.63) is 69.8 Å². The smallest absolute Gasteiger partial charge is 0.253 e. The number of hydrogen-bond donors (Lipinski definition) is 0. The maximum atomic E-state index is 7.08. The van der Waals surface area contributed by atoms with Crippen LogP contribution in [0.4, 0.5) is 0 Å². The van der Waals surface area contributed by atoms with Crippen molar-refractivity contribution in [2.75, 3.05) is 6.16 Å². The quantitative estimate of drug-likeness (QED) is 0.205. The standard InChI is InChI=1S/C32H42O2P2/c1-8-11-15-25-19-21(4)23(6)29-30-24(7)22(5)20-26(16-12-9-2)32(30)34-36(33-31(25)29)28-18-14-13-17-27(28)35-10-3/h13-14,17-20,35H,8-12,15-16H2,1-7H3. The highest BCUT2D eigenvalue weighted by molar-refractivity contribution is 7.53. The van der Waals surface area contributed by atoms with E-state index in [2.05, 4.69) is 84.9 Å². The Morgan fingerprint density at radius 2 is 1.22 bits per heavy atom. The van der Waals surface area contributed by atoms with Crippen molar-refractivity contribution >= 4 is 43.8 Å². The van der Waals surface area contributed by atoms with E-state index in [1.807, 2.05) is 0 Å². The lowest BCUT2D eigenvalue weighted by Gasteiger charge is -2.13. The molecule has 1 unspecified atom stereocenters. The zero-order valence-electron chi connectivity index (χ0n) is 23.2. The molecule has 0 saturated carbocycles. The topological polar surface area (TPSA) is 26.3 Å². The molecular weight excluding hydrogens is 478 g/mol. The SMILES string of the molecule is CCCCc1cc(C)c(C)c2c1op(-c1ccccc1PCC)oc1c(CCCC)cc(C)c(C)c12. The summed E-state index contributed by atoms with van der Waals surface area (Å²) in [5.41, 5.74) is 10.1. The molecule has 1 aromatic heterocycles. The van der Waals surface area contributed by atoms with Gasteiger partial charge in [0.25, 0.3) is 8.01 Å². The fraction of sp³-hybridized carbons (Fsp3) is 0.438. The Kier molecular flexibility index (Phi) is 9.03. The van der Waals surface area contributed by atoms with E-state index >= 15 is 0 Å². The lowest BCUT2D eigenvalue weighted by molar-refractivity contribution is 0.641. The van der Waals surface area contributed by atoms with Crippen LogP contribution in [-0.2, 0) is 12.8 Å². The van der Waals surface area contributed by atoms with Crippen LogP contribution in [-0.4, -0.2) is 6.16 Å². The van der Waals surface area contributed by atoms with Crippen molar-refractivity contribution in [3.8, 4) is 5.30 Å². The number of benzene rings is 3. The Morgan fingerprint density at radius 1 is 0.722 bits per heavy atom. The molecule has 36 heavy (non-hydrogen) atoms. The van der Waals surface area contributed by atoms with Gasteiger partial charge in [0, 0.05) is 10.8 Å². The molecule has 3 aromatic carbocycles. The van der Waals surface area contributed by atoms with Gasteiger partial charge in [-0.25, -0.2) is 0 Å². The van der Waals surface area contributed by atoms with Gasteiger partial charge in [0.15, 0.2) is 0 Å². The molecule has 2 nitrogen and oxygen atoms in total. The summed E-state index contributed by atoms with van der Waals surface area (Å²) >= 11 is 0. The number of fused-ring (bicyclic) bond motifs is 3. The van der Waals surface area contributed by atoms with Crippen molar-refractivity contribution < 1.29 is 8.39 Å². The number of aryl methyl sites for hydroxylation is 6. The van der Waals surface area contributed by atoms with Crippen molar-refractivity contribution in [1.82, 2.24) is 0 Å². The fourth-order valence-corrected chi connectivity index (χ4v) is 7.93. The average molecular weight is 521 g/mol. The minimum atomic E-state index is -1.30. The lowest BCUT2D eigenvalue weighted by atomic mass is 9.91. The zero-order chi connectivity index (χ0) is 25.8. The number of unbranched alkanes of at least 4 members (excludes halogenated alkanes) is 2. The van der Waals surface area contributed by atoms with Crippen LogP contribution >= 0.6 is 16.6 Å². The van der Waals surface area contributed by atoms with Crippen LogP contribution in [0.15, 0.2) is 44.8 Å². The van der Waals surface area contributed by atoms with E-state index in [0.717, 1.165) is 51.6 Å². The summed E-state index contributed by atoms with van der Waals surface area (Å²) in [4.78, 5) is 0. The van der Waals surface area contributed by atoms with Gasteiger partial charge >= 0.3 is 0 Å². The van der Waals surface area contributed by atoms with Crippen LogP contribution in [0.5, 0.6) is 0 Å².